The molecule has 3 rings (SSSR count). The minimum Gasteiger partial charge on any atom is -0.345 e. The zero-order chi connectivity index (χ0) is 21.3. The number of pyridine rings is 1. The number of aromatic amines is 1. The van der Waals surface area contributed by atoms with E-state index in [0.29, 0.717) is 45.3 Å². The van der Waals surface area contributed by atoms with E-state index >= 15 is 0 Å². The first-order valence-electron chi connectivity index (χ1n) is 9.92. The summed E-state index contributed by atoms with van der Waals surface area (Å²) >= 11 is 3.23. The van der Waals surface area contributed by atoms with Gasteiger partial charge in [-0.25, -0.2) is 8.78 Å². The number of amides is 1. The molecule has 0 spiro atoms. The molecule has 0 unspecified atom stereocenters. The first kappa shape index (κ1) is 21.7. The van der Waals surface area contributed by atoms with Crippen LogP contribution in [0.4, 0.5) is 8.78 Å². The normalized spacial score (nSPS) is 15.1. The second-order valence-electron chi connectivity index (χ2n) is 7.71. The number of rotatable bonds is 6. The van der Waals surface area contributed by atoms with E-state index in [0.717, 1.165) is 25.3 Å². The highest BCUT2D eigenvalue weighted by Crippen LogP contribution is 2.40. The third-order valence-corrected chi connectivity index (χ3v) is 6.74. The Bertz CT molecular complexity index is 999. The van der Waals surface area contributed by atoms with Crippen molar-refractivity contribution in [1.29, 1.82) is 0 Å². The fraction of sp³-hybridized carbons (Fsp3) is 0.455. The molecular formula is C22H25BrF2N2O2. The SMILES string of the molecule is CCCc1c([C@@H](NC(=O)c2c(C)[nH]c(=O)c(Br)c2C)C2CCC2)ccc(F)c1F. The molecule has 0 radical (unpaired) electrons. The Kier molecular flexibility index (Phi) is 6.56. The van der Waals surface area contributed by atoms with E-state index < -0.39 is 17.7 Å². The first-order chi connectivity index (χ1) is 13.8. The molecule has 1 atom stereocenters. The van der Waals surface area contributed by atoms with Gasteiger partial charge in [0.2, 0.25) is 0 Å². The molecule has 0 saturated heterocycles. The van der Waals surface area contributed by atoms with Crippen molar-refractivity contribution in [2.75, 3.05) is 0 Å². The lowest BCUT2D eigenvalue weighted by Gasteiger charge is -2.36. The second-order valence-corrected chi connectivity index (χ2v) is 8.51. The first-order valence-corrected chi connectivity index (χ1v) is 10.7. The average molecular weight is 467 g/mol. The van der Waals surface area contributed by atoms with Crippen molar-refractivity contribution in [3.05, 3.63) is 66.5 Å². The molecule has 1 aromatic carbocycles. The maximum Gasteiger partial charge on any atom is 0.262 e. The molecule has 1 aromatic heterocycles. The Morgan fingerprint density at radius 2 is 2.00 bits per heavy atom. The van der Waals surface area contributed by atoms with E-state index in [1.807, 2.05) is 6.92 Å². The molecule has 1 fully saturated rings. The molecule has 0 aliphatic heterocycles. The summed E-state index contributed by atoms with van der Waals surface area (Å²) in [4.78, 5) is 27.8. The van der Waals surface area contributed by atoms with Crippen molar-refractivity contribution in [3.63, 3.8) is 0 Å². The molecule has 1 aliphatic carbocycles. The number of H-pyrrole nitrogens is 1. The van der Waals surface area contributed by atoms with Gasteiger partial charge in [-0.3, -0.25) is 9.59 Å². The predicted octanol–water partition coefficient (Wildman–Crippen LogP) is 5.26. The maximum absolute atomic E-state index is 14.5. The number of hydrogen-bond donors (Lipinski definition) is 2. The Balaban J connectivity index is 2.03. The smallest absolute Gasteiger partial charge is 0.262 e. The van der Waals surface area contributed by atoms with Crippen LogP contribution in [-0.4, -0.2) is 10.9 Å². The number of aromatic nitrogens is 1. The van der Waals surface area contributed by atoms with Crippen LogP contribution in [0.2, 0.25) is 0 Å². The van der Waals surface area contributed by atoms with Gasteiger partial charge in [-0.05, 0) is 77.7 Å². The van der Waals surface area contributed by atoms with Gasteiger partial charge in [-0.1, -0.05) is 25.8 Å². The van der Waals surface area contributed by atoms with Crippen LogP contribution >= 0.6 is 15.9 Å². The summed E-state index contributed by atoms with van der Waals surface area (Å²) < 4.78 is 28.7. The van der Waals surface area contributed by atoms with E-state index in [2.05, 4.69) is 26.2 Å². The highest BCUT2D eigenvalue weighted by Gasteiger charge is 2.33. The van der Waals surface area contributed by atoms with Crippen molar-refractivity contribution in [1.82, 2.24) is 10.3 Å². The lowest BCUT2D eigenvalue weighted by atomic mass is 9.75. The average Bonchev–Trinajstić information content (AvgIpc) is 2.62. The zero-order valence-corrected chi connectivity index (χ0v) is 18.4. The van der Waals surface area contributed by atoms with E-state index in [1.54, 1.807) is 19.9 Å². The number of aryl methyl sites for hydroxylation is 1. The molecule has 1 aliphatic rings. The molecule has 7 heteroatoms. The van der Waals surface area contributed by atoms with Crippen molar-refractivity contribution in [2.45, 2.75) is 58.9 Å². The highest BCUT2D eigenvalue weighted by atomic mass is 79.9. The predicted molar refractivity (Wildman–Crippen MR) is 112 cm³/mol. The van der Waals surface area contributed by atoms with Crippen LogP contribution in [0, 0.1) is 31.4 Å². The van der Waals surface area contributed by atoms with Gasteiger partial charge in [0.15, 0.2) is 11.6 Å². The molecule has 29 heavy (non-hydrogen) atoms. The molecule has 1 saturated carbocycles. The van der Waals surface area contributed by atoms with Crippen molar-refractivity contribution >= 4 is 21.8 Å². The van der Waals surface area contributed by atoms with Crippen LogP contribution < -0.4 is 10.9 Å². The quantitative estimate of drug-likeness (QED) is 0.609. The van der Waals surface area contributed by atoms with E-state index in [9.17, 15) is 18.4 Å². The summed E-state index contributed by atoms with van der Waals surface area (Å²) in [6.45, 7) is 5.30. The van der Waals surface area contributed by atoms with Gasteiger partial charge in [0.25, 0.3) is 11.5 Å². The van der Waals surface area contributed by atoms with Gasteiger partial charge in [0.05, 0.1) is 16.1 Å². The summed E-state index contributed by atoms with van der Waals surface area (Å²) in [6.07, 6.45) is 3.96. The fourth-order valence-corrected chi connectivity index (χ4v) is 4.33. The van der Waals surface area contributed by atoms with Crippen LogP contribution in [0.3, 0.4) is 0 Å². The number of nitrogens with one attached hydrogen (secondary N) is 2. The number of halogens is 3. The van der Waals surface area contributed by atoms with Gasteiger partial charge < -0.3 is 10.3 Å². The van der Waals surface area contributed by atoms with Gasteiger partial charge in [0.1, 0.15) is 0 Å². The molecular weight excluding hydrogens is 442 g/mol. The van der Waals surface area contributed by atoms with Crippen LogP contribution in [-0.2, 0) is 6.42 Å². The Morgan fingerprint density at radius 1 is 1.31 bits per heavy atom. The van der Waals surface area contributed by atoms with Gasteiger partial charge in [0, 0.05) is 5.69 Å². The number of carbonyl (C=O) groups excluding carboxylic acids is 1. The van der Waals surface area contributed by atoms with Crippen LogP contribution in [0.1, 0.15) is 71.4 Å². The largest absolute Gasteiger partial charge is 0.345 e. The molecule has 2 aromatic rings. The minimum absolute atomic E-state index is 0.172. The second kappa shape index (κ2) is 8.78. The highest BCUT2D eigenvalue weighted by molar-refractivity contribution is 9.10. The summed E-state index contributed by atoms with van der Waals surface area (Å²) in [6, 6.07) is 2.32. The van der Waals surface area contributed by atoms with Crippen LogP contribution in [0.5, 0.6) is 0 Å². The van der Waals surface area contributed by atoms with E-state index in [-0.39, 0.29) is 17.4 Å². The van der Waals surface area contributed by atoms with Gasteiger partial charge in [-0.2, -0.15) is 0 Å². The number of benzene rings is 1. The zero-order valence-electron chi connectivity index (χ0n) is 16.8. The molecule has 156 valence electrons. The molecule has 4 nitrogen and oxygen atoms in total. The van der Waals surface area contributed by atoms with Crippen molar-refractivity contribution in [3.8, 4) is 0 Å². The van der Waals surface area contributed by atoms with Crippen LogP contribution in [0.15, 0.2) is 21.4 Å². The van der Waals surface area contributed by atoms with Gasteiger partial charge in [-0.15, -0.1) is 0 Å². The third-order valence-electron chi connectivity index (χ3n) is 5.78. The van der Waals surface area contributed by atoms with Crippen molar-refractivity contribution < 1.29 is 13.6 Å². The summed E-state index contributed by atoms with van der Waals surface area (Å²) in [7, 11) is 0. The summed E-state index contributed by atoms with van der Waals surface area (Å²) in [5.41, 5.74) is 2.09. The number of hydrogen-bond acceptors (Lipinski definition) is 2. The van der Waals surface area contributed by atoms with Gasteiger partial charge >= 0.3 is 0 Å². The summed E-state index contributed by atoms with van der Waals surface area (Å²) in [5.74, 6) is -1.86. The standard InChI is InChI=1S/C22H25BrF2N2O2/c1-4-6-14-15(9-10-16(24)19(14)25)20(13-7-5-8-13)27-21(28)17-11(2)18(23)22(29)26-12(17)3/h9-10,13,20H,4-8H2,1-3H3,(H,26,29)(H,27,28)/t20-/m0/s1. The lowest BCUT2D eigenvalue weighted by Crippen LogP contribution is -2.38. The van der Waals surface area contributed by atoms with E-state index in [1.165, 1.54) is 0 Å². The Hall–Kier alpha value is -2.02. The monoisotopic (exact) mass is 466 g/mol. The molecule has 0 bridgehead atoms. The maximum atomic E-state index is 14.5. The minimum atomic E-state index is -0.868. The fourth-order valence-electron chi connectivity index (χ4n) is 4.03. The molecule has 2 N–H and O–H groups in total. The molecule has 1 heterocycles. The van der Waals surface area contributed by atoms with E-state index in [4.69, 9.17) is 0 Å². The molecule has 1 amide bonds. The summed E-state index contributed by atoms with van der Waals surface area (Å²) in [5, 5.41) is 3.05. The Labute approximate surface area is 177 Å². The Morgan fingerprint density at radius 3 is 2.59 bits per heavy atom. The third kappa shape index (κ3) is 4.15. The lowest BCUT2D eigenvalue weighted by molar-refractivity contribution is 0.0898. The van der Waals surface area contributed by atoms with Crippen LogP contribution in [0.25, 0.3) is 0 Å². The topological polar surface area (TPSA) is 62.0 Å². The number of carbonyl (C=O) groups is 1. The van der Waals surface area contributed by atoms with Crippen molar-refractivity contribution in [2.24, 2.45) is 5.92 Å².